The number of H-pyrrole nitrogens is 1. The van der Waals surface area contributed by atoms with Gasteiger partial charge in [0.05, 0.1) is 28.7 Å². The molecule has 0 fully saturated rings. The first-order chi connectivity index (χ1) is 14.8. The van der Waals surface area contributed by atoms with Gasteiger partial charge in [0.25, 0.3) is 5.91 Å². The lowest BCUT2D eigenvalue weighted by Gasteiger charge is -2.17. The zero-order valence-corrected chi connectivity index (χ0v) is 17.3. The highest BCUT2D eigenvalue weighted by molar-refractivity contribution is 5.98. The van der Waals surface area contributed by atoms with Gasteiger partial charge < -0.3 is 16.0 Å². The summed E-state index contributed by atoms with van der Waals surface area (Å²) in [4.78, 5) is 19.9. The average molecular weight is 464 g/mol. The first-order valence-corrected chi connectivity index (χ1v) is 9.06. The standard InChI is InChI=1S/C20H16F3N7O.ClH/c1-24-19(31)18-15(3-2-6-25-18)29-16-8-17(26-10-13(16)20(21,22)23)28-12-4-5-14-11(7-12)9-27-30-14;/h2-10H,1H3,(H,24,31)(H,27,30)(H2,26,28,29);1H. The average Bonchev–Trinajstić information content (AvgIpc) is 3.21. The van der Waals surface area contributed by atoms with Crippen LogP contribution in [-0.2, 0) is 6.18 Å². The Balaban J connectivity index is 0.00000289. The molecule has 4 N–H and O–H groups in total. The molecule has 0 saturated carbocycles. The smallest absolute Gasteiger partial charge is 0.354 e. The number of carbonyl (C=O) groups excluding carboxylic acids is 1. The summed E-state index contributed by atoms with van der Waals surface area (Å²) in [6.07, 6.45) is -0.904. The zero-order chi connectivity index (χ0) is 22.0. The van der Waals surface area contributed by atoms with Crippen molar-refractivity contribution in [1.29, 1.82) is 0 Å². The van der Waals surface area contributed by atoms with Crippen LogP contribution in [0.5, 0.6) is 0 Å². The summed E-state index contributed by atoms with van der Waals surface area (Å²) in [7, 11) is 1.41. The topological polar surface area (TPSA) is 108 Å². The van der Waals surface area contributed by atoms with E-state index < -0.39 is 17.6 Å². The Bertz CT molecular complexity index is 1260. The second kappa shape index (κ2) is 9.10. The molecule has 166 valence electrons. The van der Waals surface area contributed by atoms with Gasteiger partial charge in [-0.2, -0.15) is 18.3 Å². The summed E-state index contributed by atoms with van der Waals surface area (Å²) in [6, 6.07) is 9.54. The number of aromatic nitrogens is 4. The number of nitrogens with zero attached hydrogens (tertiary/aromatic N) is 3. The molecular formula is C20H17ClF3N7O. The van der Waals surface area contributed by atoms with Crippen LogP contribution in [0.3, 0.4) is 0 Å². The molecule has 0 aliphatic heterocycles. The van der Waals surface area contributed by atoms with Gasteiger partial charge in [-0.15, -0.1) is 12.4 Å². The van der Waals surface area contributed by atoms with Crippen molar-refractivity contribution in [2.45, 2.75) is 6.18 Å². The van der Waals surface area contributed by atoms with Crippen LogP contribution < -0.4 is 16.0 Å². The monoisotopic (exact) mass is 463 g/mol. The van der Waals surface area contributed by atoms with E-state index in [4.69, 9.17) is 0 Å². The van der Waals surface area contributed by atoms with Crippen LogP contribution in [-0.4, -0.2) is 33.1 Å². The number of pyridine rings is 2. The molecule has 0 atom stereocenters. The molecule has 0 unspecified atom stereocenters. The van der Waals surface area contributed by atoms with Crippen LogP contribution >= 0.6 is 12.4 Å². The number of hydrogen-bond donors (Lipinski definition) is 4. The van der Waals surface area contributed by atoms with Crippen molar-refractivity contribution in [2.75, 3.05) is 17.7 Å². The number of halogens is 4. The number of fused-ring (bicyclic) bond motifs is 1. The number of carbonyl (C=O) groups is 1. The van der Waals surface area contributed by atoms with E-state index in [1.54, 1.807) is 24.4 Å². The van der Waals surface area contributed by atoms with Gasteiger partial charge in [0.15, 0.2) is 5.69 Å². The van der Waals surface area contributed by atoms with Gasteiger partial charge in [0.1, 0.15) is 5.82 Å². The number of nitrogens with one attached hydrogen (secondary N) is 4. The van der Waals surface area contributed by atoms with Gasteiger partial charge in [0.2, 0.25) is 0 Å². The molecule has 0 spiro atoms. The summed E-state index contributed by atoms with van der Waals surface area (Å²) in [5.74, 6) is -0.346. The van der Waals surface area contributed by atoms with E-state index in [9.17, 15) is 18.0 Å². The lowest BCUT2D eigenvalue weighted by Crippen LogP contribution is -2.21. The summed E-state index contributed by atoms with van der Waals surface area (Å²) in [6.45, 7) is 0. The Morgan fingerprint density at radius 1 is 1.03 bits per heavy atom. The van der Waals surface area contributed by atoms with Gasteiger partial charge >= 0.3 is 6.18 Å². The van der Waals surface area contributed by atoms with Crippen molar-refractivity contribution >= 4 is 52.1 Å². The molecule has 1 aromatic carbocycles. The first-order valence-electron chi connectivity index (χ1n) is 9.06. The lowest BCUT2D eigenvalue weighted by molar-refractivity contribution is -0.137. The number of anilines is 4. The Kier molecular flexibility index (Phi) is 6.49. The molecule has 0 aliphatic carbocycles. The Hall–Kier alpha value is -3.86. The number of aromatic amines is 1. The number of rotatable bonds is 5. The number of amides is 1. The van der Waals surface area contributed by atoms with E-state index >= 15 is 0 Å². The Morgan fingerprint density at radius 2 is 1.84 bits per heavy atom. The van der Waals surface area contributed by atoms with Crippen molar-refractivity contribution in [1.82, 2.24) is 25.5 Å². The minimum Gasteiger partial charge on any atom is -0.354 e. The lowest BCUT2D eigenvalue weighted by atomic mass is 10.2. The van der Waals surface area contributed by atoms with Crippen molar-refractivity contribution in [3.8, 4) is 0 Å². The molecule has 1 amide bonds. The molecule has 0 aliphatic rings. The third-order valence-corrected chi connectivity index (χ3v) is 4.44. The molecule has 0 radical (unpaired) electrons. The van der Waals surface area contributed by atoms with Crippen LogP contribution in [0.25, 0.3) is 10.9 Å². The molecule has 0 bridgehead atoms. The predicted octanol–water partition coefficient (Wildman–Crippen LogP) is 4.64. The van der Waals surface area contributed by atoms with Gasteiger partial charge in [-0.25, -0.2) is 9.97 Å². The van der Waals surface area contributed by atoms with Crippen molar-refractivity contribution in [3.63, 3.8) is 0 Å². The highest BCUT2D eigenvalue weighted by Gasteiger charge is 2.34. The normalized spacial score (nSPS) is 11.0. The molecule has 8 nitrogen and oxygen atoms in total. The number of hydrogen-bond acceptors (Lipinski definition) is 6. The zero-order valence-electron chi connectivity index (χ0n) is 16.5. The van der Waals surface area contributed by atoms with Crippen LogP contribution in [0.15, 0.2) is 55.0 Å². The summed E-state index contributed by atoms with van der Waals surface area (Å²) in [5, 5.41) is 15.7. The van der Waals surface area contributed by atoms with Crippen LogP contribution in [0.1, 0.15) is 16.1 Å². The van der Waals surface area contributed by atoms with Crippen LogP contribution in [0.4, 0.5) is 36.1 Å². The quantitative estimate of drug-likeness (QED) is 0.343. The fraction of sp³-hybridized carbons (Fsp3) is 0.100. The van der Waals surface area contributed by atoms with Crippen LogP contribution in [0, 0.1) is 0 Å². The molecule has 4 aromatic rings. The number of alkyl halides is 3. The molecule has 4 rings (SSSR count). The highest BCUT2D eigenvalue weighted by atomic mass is 35.5. The molecule has 3 heterocycles. The molecular weight excluding hydrogens is 447 g/mol. The van der Waals surface area contributed by atoms with E-state index in [2.05, 4.69) is 36.1 Å². The van der Waals surface area contributed by atoms with E-state index in [0.717, 1.165) is 17.1 Å². The van der Waals surface area contributed by atoms with E-state index in [1.165, 1.54) is 31.4 Å². The Labute approximate surface area is 186 Å². The fourth-order valence-corrected chi connectivity index (χ4v) is 2.97. The number of benzene rings is 1. The van der Waals surface area contributed by atoms with E-state index in [-0.39, 0.29) is 35.3 Å². The third kappa shape index (κ3) is 4.72. The maximum atomic E-state index is 13.6. The van der Waals surface area contributed by atoms with Gasteiger partial charge in [-0.3, -0.25) is 9.89 Å². The van der Waals surface area contributed by atoms with Gasteiger partial charge in [0, 0.05) is 36.6 Å². The van der Waals surface area contributed by atoms with Gasteiger partial charge in [-0.1, -0.05) is 0 Å². The minimum absolute atomic E-state index is 0. The Morgan fingerprint density at radius 3 is 2.59 bits per heavy atom. The maximum Gasteiger partial charge on any atom is 0.419 e. The van der Waals surface area contributed by atoms with Crippen molar-refractivity contribution < 1.29 is 18.0 Å². The molecule has 0 saturated heterocycles. The van der Waals surface area contributed by atoms with E-state index in [0.29, 0.717) is 5.69 Å². The largest absolute Gasteiger partial charge is 0.419 e. The van der Waals surface area contributed by atoms with E-state index in [1.807, 2.05) is 0 Å². The molecule has 12 heteroatoms. The third-order valence-electron chi connectivity index (χ3n) is 4.44. The fourth-order valence-electron chi connectivity index (χ4n) is 2.97. The summed E-state index contributed by atoms with van der Waals surface area (Å²) < 4.78 is 40.7. The van der Waals surface area contributed by atoms with Gasteiger partial charge in [-0.05, 0) is 30.3 Å². The first kappa shape index (κ1) is 22.8. The minimum atomic E-state index is -4.65. The molecule has 32 heavy (non-hydrogen) atoms. The molecule has 3 aromatic heterocycles. The van der Waals surface area contributed by atoms with Crippen molar-refractivity contribution in [2.24, 2.45) is 0 Å². The highest BCUT2D eigenvalue weighted by Crippen LogP contribution is 2.37. The summed E-state index contributed by atoms with van der Waals surface area (Å²) in [5.41, 5.74) is 0.299. The SMILES string of the molecule is CNC(=O)c1ncccc1Nc1cc(Nc2ccc3[nH]ncc3c2)ncc1C(F)(F)F.Cl. The summed E-state index contributed by atoms with van der Waals surface area (Å²) >= 11 is 0. The van der Waals surface area contributed by atoms with Crippen molar-refractivity contribution in [3.05, 3.63) is 66.2 Å². The maximum absolute atomic E-state index is 13.6. The second-order valence-corrected chi connectivity index (χ2v) is 6.51. The predicted molar refractivity (Wildman–Crippen MR) is 117 cm³/mol. The second-order valence-electron chi connectivity index (χ2n) is 6.51. The van der Waals surface area contributed by atoms with Crippen LogP contribution in [0.2, 0.25) is 0 Å².